The zero-order valence-corrected chi connectivity index (χ0v) is 11.3. The van der Waals surface area contributed by atoms with Crippen molar-refractivity contribution in [3.8, 4) is 0 Å². The first-order valence-electron chi connectivity index (χ1n) is 5.85. The number of methoxy groups -OCH3 is 1. The van der Waals surface area contributed by atoms with Crippen LogP contribution in [0.25, 0.3) is 0 Å². The highest BCUT2D eigenvalue weighted by molar-refractivity contribution is 6.01. The van der Waals surface area contributed by atoms with Crippen LogP contribution in [0.2, 0.25) is 0 Å². The molecule has 0 aliphatic carbocycles. The molecule has 0 aliphatic rings. The Labute approximate surface area is 107 Å². The molecule has 1 N–H and O–H groups in total. The number of rotatable bonds is 5. The van der Waals surface area contributed by atoms with Crippen molar-refractivity contribution >= 4 is 11.9 Å². The fourth-order valence-electron chi connectivity index (χ4n) is 1.73. The molecule has 1 heterocycles. The standard InChI is InChI=1S/C13H20N2O3/c1-13(2,12(17)18-4)11(16)15(3)8-6-10-5-7-14-9-10/h5,7,9,14H,6,8H2,1-4H3. The van der Waals surface area contributed by atoms with Gasteiger partial charge < -0.3 is 14.6 Å². The Balaban J connectivity index is 2.58. The van der Waals surface area contributed by atoms with Crippen molar-refractivity contribution in [1.82, 2.24) is 9.88 Å². The molecular formula is C13H20N2O3. The van der Waals surface area contributed by atoms with Gasteiger partial charge >= 0.3 is 5.97 Å². The summed E-state index contributed by atoms with van der Waals surface area (Å²) in [4.78, 5) is 28.2. The lowest BCUT2D eigenvalue weighted by molar-refractivity contribution is -0.160. The number of hydrogen-bond donors (Lipinski definition) is 1. The van der Waals surface area contributed by atoms with Crippen LogP contribution in [0.3, 0.4) is 0 Å². The fourth-order valence-corrected chi connectivity index (χ4v) is 1.73. The number of likely N-dealkylation sites (N-methyl/N-ethyl adjacent to an activating group) is 1. The maximum atomic E-state index is 12.1. The summed E-state index contributed by atoms with van der Waals surface area (Å²) in [6.45, 7) is 3.72. The third-order valence-electron chi connectivity index (χ3n) is 2.98. The third kappa shape index (κ3) is 3.12. The molecule has 5 heteroatoms. The number of nitrogens with zero attached hydrogens (tertiary/aromatic N) is 1. The molecule has 0 radical (unpaired) electrons. The highest BCUT2D eigenvalue weighted by Gasteiger charge is 2.39. The van der Waals surface area contributed by atoms with Gasteiger partial charge in [0.1, 0.15) is 5.41 Å². The van der Waals surface area contributed by atoms with Crippen LogP contribution in [0.5, 0.6) is 0 Å². The SMILES string of the molecule is COC(=O)C(C)(C)C(=O)N(C)CCc1cc[nH]c1. The molecule has 100 valence electrons. The number of amides is 1. The minimum absolute atomic E-state index is 0.232. The van der Waals surface area contributed by atoms with E-state index in [0.29, 0.717) is 6.54 Å². The minimum atomic E-state index is -1.14. The number of aromatic nitrogens is 1. The molecule has 0 aliphatic heterocycles. The lowest BCUT2D eigenvalue weighted by Gasteiger charge is -2.27. The Bertz CT molecular complexity index is 410. The van der Waals surface area contributed by atoms with Gasteiger partial charge in [-0.1, -0.05) is 0 Å². The summed E-state index contributed by atoms with van der Waals surface area (Å²) in [7, 11) is 2.98. The summed E-state index contributed by atoms with van der Waals surface area (Å²) in [6.07, 6.45) is 4.49. The summed E-state index contributed by atoms with van der Waals surface area (Å²) < 4.78 is 4.65. The van der Waals surface area contributed by atoms with E-state index in [1.54, 1.807) is 25.8 Å². The monoisotopic (exact) mass is 252 g/mol. The van der Waals surface area contributed by atoms with E-state index in [-0.39, 0.29) is 5.91 Å². The number of esters is 1. The highest BCUT2D eigenvalue weighted by atomic mass is 16.5. The summed E-state index contributed by atoms with van der Waals surface area (Å²) in [6, 6.07) is 1.96. The second-order valence-electron chi connectivity index (χ2n) is 4.81. The molecule has 5 nitrogen and oxygen atoms in total. The molecule has 0 fully saturated rings. The summed E-state index contributed by atoms with van der Waals surface area (Å²) >= 11 is 0. The first-order chi connectivity index (χ1) is 8.39. The molecule has 0 saturated heterocycles. The van der Waals surface area contributed by atoms with Crippen LogP contribution in [0, 0.1) is 5.41 Å². The quantitative estimate of drug-likeness (QED) is 0.633. The van der Waals surface area contributed by atoms with E-state index in [9.17, 15) is 9.59 Å². The predicted molar refractivity (Wildman–Crippen MR) is 67.9 cm³/mol. The lowest BCUT2D eigenvalue weighted by Crippen LogP contribution is -2.44. The molecule has 0 spiro atoms. The van der Waals surface area contributed by atoms with Gasteiger partial charge in [-0.3, -0.25) is 9.59 Å². The Hall–Kier alpha value is -1.78. The van der Waals surface area contributed by atoms with Gasteiger partial charge in [0.2, 0.25) is 5.91 Å². The molecule has 0 atom stereocenters. The second-order valence-corrected chi connectivity index (χ2v) is 4.81. The average molecular weight is 252 g/mol. The number of H-pyrrole nitrogens is 1. The van der Waals surface area contributed by atoms with Gasteiger partial charge in [0.05, 0.1) is 7.11 Å². The molecular weight excluding hydrogens is 232 g/mol. The normalized spacial score (nSPS) is 11.1. The smallest absolute Gasteiger partial charge is 0.320 e. The molecule has 0 unspecified atom stereocenters. The maximum Gasteiger partial charge on any atom is 0.320 e. The van der Waals surface area contributed by atoms with E-state index in [2.05, 4.69) is 9.72 Å². The zero-order chi connectivity index (χ0) is 13.8. The van der Waals surface area contributed by atoms with Gasteiger partial charge in [-0.15, -0.1) is 0 Å². The lowest BCUT2D eigenvalue weighted by atomic mass is 9.92. The molecule has 1 amide bonds. The Morgan fingerprint density at radius 3 is 2.61 bits per heavy atom. The maximum absolute atomic E-state index is 12.1. The summed E-state index contributed by atoms with van der Waals surface area (Å²) in [5, 5.41) is 0. The minimum Gasteiger partial charge on any atom is -0.468 e. The van der Waals surface area contributed by atoms with Crippen LogP contribution in [0.1, 0.15) is 19.4 Å². The number of carbonyl (C=O) groups excluding carboxylic acids is 2. The molecule has 1 aromatic heterocycles. The number of ether oxygens (including phenoxy) is 1. The molecule has 0 aromatic carbocycles. The molecule has 18 heavy (non-hydrogen) atoms. The molecule has 0 saturated carbocycles. The van der Waals surface area contributed by atoms with Crippen LogP contribution in [0.15, 0.2) is 18.5 Å². The van der Waals surface area contributed by atoms with Crippen LogP contribution in [0.4, 0.5) is 0 Å². The van der Waals surface area contributed by atoms with Gasteiger partial charge in [-0.05, 0) is 31.9 Å². The number of hydrogen-bond acceptors (Lipinski definition) is 3. The second kappa shape index (κ2) is 5.71. The van der Waals surface area contributed by atoms with Crippen LogP contribution in [-0.4, -0.2) is 42.5 Å². The van der Waals surface area contributed by atoms with E-state index < -0.39 is 11.4 Å². The third-order valence-corrected chi connectivity index (χ3v) is 2.98. The molecule has 1 rings (SSSR count). The van der Waals surface area contributed by atoms with Crippen molar-refractivity contribution in [2.24, 2.45) is 5.41 Å². The Kier molecular flexibility index (Phi) is 4.53. The van der Waals surface area contributed by atoms with Crippen molar-refractivity contribution in [2.45, 2.75) is 20.3 Å². The van der Waals surface area contributed by atoms with E-state index >= 15 is 0 Å². The summed E-state index contributed by atoms with van der Waals surface area (Å²) in [5.41, 5.74) is -0.00714. The van der Waals surface area contributed by atoms with Gasteiger partial charge in [-0.2, -0.15) is 0 Å². The topological polar surface area (TPSA) is 62.4 Å². The predicted octanol–water partition coefficient (Wildman–Crippen LogP) is 1.21. The van der Waals surface area contributed by atoms with Crippen molar-refractivity contribution in [1.29, 1.82) is 0 Å². The number of nitrogens with one attached hydrogen (secondary N) is 1. The van der Waals surface area contributed by atoms with E-state index in [1.807, 2.05) is 18.5 Å². The summed E-state index contributed by atoms with van der Waals surface area (Å²) in [5.74, 6) is -0.745. The van der Waals surface area contributed by atoms with Crippen molar-refractivity contribution in [3.63, 3.8) is 0 Å². The van der Waals surface area contributed by atoms with Crippen molar-refractivity contribution in [3.05, 3.63) is 24.0 Å². The average Bonchev–Trinajstić information content (AvgIpc) is 2.86. The highest BCUT2D eigenvalue weighted by Crippen LogP contribution is 2.20. The van der Waals surface area contributed by atoms with Crippen LogP contribution < -0.4 is 0 Å². The first kappa shape index (κ1) is 14.3. The largest absolute Gasteiger partial charge is 0.468 e. The van der Waals surface area contributed by atoms with E-state index in [0.717, 1.165) is 12.0 Å². The van der Waals surface area contributed by atoms with E-state index in [1.165, 1.54) is 7.11 Å². The van der Waals surface area contributed by atoms with Crippen LogP contribution in [-0.2, 0) is 20.7 Å². The number of aromatic amines is 1. The van der Waals surface area contributed by atoms with Gasteiger partial charge in [0, 0.05) is 26.0 Å². The number of carbonyl (C=O) groups is 2. The zero-order valence-electron chi connectivity index (χ0n) is 11.3. The van der Waals surface area contributed by atoms with E-state index in [4.69, 9.17) is 0 Å². The first-order valence-corrected chi connectivity index (χ1v) is 5.85. The van der Waals surface area contributed by atoms with Gasteiger partial charge in [0.15, 0.2) is 0 Å². The fraction of sp³-hybridized carbons (Fsp3) is 0.538. The molecule has 0 bridgehead atoms. The van der Waals surface area contributed by atoms with Gasteiger partial charge in [-0.25, -0.2) is 0 Å². The van der Waals surface area contributed by atoms with Gasteiger partial charge in [0.25, 0.3) is 0 Å². The van der Waals surface area contributed by atoms with Crippen molar-refractivity contribution in [2.75, 3.05) is 20.7 Å². The van der Waals surface area contributed by atoms with Crippen LogP contribution >= 0.6 is 0 Å². The Morgan fingerprint density at radius 2 is 2.11 bits per heavy atom. The molecule has 1 aromatic rings. The Morgan fingerprint density at radius 1 is 1.44 bits per heavy atom. The van der Waals surface area contributed by atoms with Crippen molar-refractivity contribution < 1.29 is 14.3 Å².